The fourth-order valence-corrected chi connectivity index (χ4v) is 3.52. The molecule has 1 aromatic rings. The zero-order valence-electron chi connectivity index (χ0n) is 12.1. The van der Waals surface area contributed by atoms with Gasteiger partial charge in [0.25, 0.3) is 10.2 Å². The molecule has 1 saturated heterocycles. The smallest absolute Gasteiger partial charge is 0.277 e. The summed E-state index contributed by atoms with van der Waals surface area (Å²) < 4.78 is 23.9. The zero-order valence-corrected chi connectivity index (χ0v) is 12.9. The lowest BCUT2D eigenvalue weighted by molar-refractivity contribution is 0.0732. The predicted molar refractivity (Wildman–Crippen MR) is 81.3 cm³/mol. The highest BCUT2D eigenvalue weighted by molar-refractivity contribution is 7.86. The van der Waals surface area contributed by atoms with Gasteiger partial charge in [-0.1, -0.05) is 0 Å². The first-order valence-electron chi connectivity index (χ1n) is 7.18. The number of aliphatic hydroxyl groups excluding tert-OH is 1. The molecule has 0 atom stereocenters. The second-order valence-corrected chi connectivity index (χ2v) is 7.31. The summed E-state index contributed by atoms with van der Waals surface area (Å²) >= 11 is 0. The van der Waals surface area contributed by atoms with Crippen molar-refractivity contribution >= 4 is 22.0 Å². The number of anilines is 2. The van der Waals surface area contributed by atoms with Crippen LogP contribution >= 0.6 is 0 Å². The van der Waals surface area contributed by atoms with Gasteiger partial charge in [0.15, 0.2) is 0 Å². The van der Waals surface area contributed by atoms with Gasteiger partial charge in [-0.3, -0.25) is 0 Å². The van der Waals surface area contributed by atoms with Gasteiger partial charge in [-0.15, -0.1) is 0 Å². The SMILES string of the molecule is Nc1nc(C2CC(O)C2)cc(N2CCN(S(N)(=O)=O)CC2)n1. The van der Waals surface area contributed by atoms with Crippen molar-refractivity contribution in [2.75, 3.05) is 36.8 Å². The van der Waals surface area contributed by atoms with E-state index in [1.54, 1.807) is 0 Å². The number of nitrogen functional groups attached to an aromatic ring is 1. The topological polar surface area (TPSA) is 139 Å². The summed E-state index contributed by atoms with van der Waals surface area (Å²) in [5, 5.41) is 14.5. The van der Waals surface area contributed by atoms with Crippen LogP contribution in [0.15, 0.2) is 6.07 Å². The minimum absolute atomic E-state index is 0.197. The molecule has 1 aliphatic heterocycles. The van der Waals surface area contributed by atoms with E-state index >= 15 is 0 Å². The molecule has 2 fully saturated rings. The van der Waals surface area contributed by atoms with Crippen molar-refractivity contribution in [2.45, 2.75) is 24.9 Å². The summed E-state index contributed by atoms with van der Waals surface area (Å²) in [6.45, 7) is 1.64. The van der Waals surface area contributed by atoms with Crippen LogP contribution < -0.4 is 15.8 Å². The molecule has 0 unspecified atom stereocenters. The lowest BCUT2D eigenvalue weighted by atomic mass is 9.80. The number of hydrogen-bond donors (Lipinski definition) is 3. The van der Waals surface area contributed by atoms with Crippen molar-refractivity contribution in [3.8, 4) is 0 Å². The fraction of sp³-hybridized carbons (Fsp3) is 0.667. The number of nitrogens with zero attached hydrogens (tertiary/aromatic N) is 4. The third kappa shape index (κ3) is 3.14. The molecule has 3 rings (SSSR count). The maximum absolute atomic E-state index is 11.3. The summed E-state index contributed by atoms with van der Waals surface area (Å²) in [5.41, 5.74) is 6.61. The van der Waals surface area contributed by atoms with E-state index in [9.17, 15) is 13.5 Å². The molecule has 1 aliphatic carbocycles. The molecule has 2 aliphatic rings. The summed E-state index contributed by atoms with van der Waals surface area (Å²) in [5.74, 6) is 1.10. The molecule has 0 radical (unpaired) electrons. The minimum atomic E-state index is -3.64. The van der Waals surface area contributed by atoms with Gasteiger partial charge < -0.3 is 15.7 Å². The molecule has 0 spiro atoms. The first-order valence-corrected chi connectivity index (χ1v) is 8.68. The Hall–Kier alpha value is -1.49. The van der Waals surface area contributed by atoms with Crippen molar-refractivity contribution in [1.82, 2.24) is 14.3 Å². The molecule has 1 saturated carbocycles. The van der Waals surface area contributed by atoms with E-state index in [1.807, 2.05) is 11.0 Å². The van der Waals surface area contributed by atoms with Gasteiger partial charge in [-0.05, 0) is 12.8 Å². The summed E-state index contributed by atoms with van der Waals surface area (Å²) in [7, 11) is -3.64. The fourth-order valence-electron chi connectivity index (χ4n) is 2.84. The molecule has 22 heavy (non-hydrogen) atoms. The summed E-state index contributed by atoms with van der Waals surface area (Å²) in [6, 6.07) is 1.87. The van der Waals surface area contributed by atoms with Crippen LogP contribution in [0.25, 0.3) is 0 Å². The van der Waals surface area contributed by atoms with Crippen LogP contribution in [0.1, 0.15) is 24.5 Å². The molecular weight excluding hydrogens is 308 g/mol. The maximum atomic E-state index is 11.3. The number of aromatic nitrogens is 2. The largest absolute Gasteiger partial charge is 0.393 e. The highest BCUT2D eigenvalue weighted by Crippen LogP contribution is 2.37. The molecule has 122 valence electrons. The predicted octanol–water partition coefficient (Wildman–Crippen LogP) is -1.38. The standard InChI is InChI=1S/C12H20N6O3S/c13-12-15-10(8-5-9(19)6-8)7-11(16-12)17-1-3-18(4-2-17)22(14,20)21/h7-9,19H,1-6H2,(H2,13,15,16)(H2,14,20,21). The summed E-state index contributed by atoms with van der Waals surface area (Å²) in [6.07, 6.45) is 1.12. The monoisotopic (exact) mass is 328 g/mol. The Morgan fingerprint density at radius 2 is 1.82 bits per heavy atom. The highest BCUT2D eigenvalue weighted by atomic mass is 32.2. The van der Waals surface area contributed by atoms with Crippen LogP contribution in [0.3, 0.4) is 0 Å². The van der Waals surface area contributed by atoms with Crippen molar-refractivity contribution in [2.24, 2.45) is 5.14 Å². The van der Waals surface area contributed by atoms with E-state index in [0.717, 1.165) is 5.69 Å². The van der Waals surface area contributed by atoms with E-state index < -0.39 is 10.2 Å². The molecule has 10 heteroatoms. The molecule has 5 N–H and O–H groups in total. The maximum Gasteiger partial charge on any atom is 0.277 e. The third-order valence-corrected chi connectivity index (χ3v) is 5.29. The Labute approximate surface area is 129 Å². The molecular formula is C12H20N6O3S. The molecule has 1 aromatic heterocycles. The van der Waals surface area contributed by atoms with Gasteiger partial charge in [-0.25, -0.2) is 10.1 Å². The Kier molecular flexibility index (Phi) is 3.93. The molecule has 9 nitrogen and oxygen atoms in total. The Morgan fingerprint density at radius 3 is 2.36 bits per heavy atom. The molecule has 0 aromatic carbocycles. The van der Waals surface area contributed by atoms with Crippen LogP contribution in [0, 0.1) is 0 Å². The first kappa shape index (κ1) is 15.4. The van der Waals surface area contributed by atoms with Crippen molar-refractivity contribution in [3.05, 3.63) is 11.8 Å². The minimum Gasteiger partial charge on any atom is -0.393 e. The Morgan fingerprint density at radius 1 is 1.18 bits per heavy atom. The number of rotatable bonds is 3. The van der Waals surface area contributed by atoms with Crippen LogP contribution in [0.5, 0.6) is 0 Å². The zero-order chi connectivity index (χ0) is 15.9. The second-order valence-electron chi connectivity index (χ2n) is 5.76. The van der Waals surface area contributed by atoms with Gasteiger partial charge in [0.1, 0.15) is 5.82 Å². The molecule has 0 bridgehead atoms. The Bertz CT molecular complexity index is 653. The Balaban J connectivity index is 1.73. The molecule has 0 amide bonds. The molecule has 2 heterocycles. The van der Waals surface area contributed by atoms with Crippen molar-refractivity contribution in [1.29, 1.82) is 0 Å². The van der Waals surface area contributed by atoms with Crippen LogP contribution in [-0.4, -0.2) is 60.1 Å². The van der Waals surface area contributed by atoms with Crippen LogP contribution in [0.2, 0.25) is 0 Å². The first-order chi connectivity index (χ1) is 10.3. The van der Waals surface area contributed by atoms with Gasteiger partial charge in [0, 0.05) is 38.2 Å². The van der Waals surface area contributed by atoms with Gasteiger partial charge in [0.05, 0.1) is 11.8 Å². The highest BCUT2D eigenvalue weighted by Gasteiger charge is 2.31. The average molecular weight is 328 g/mol. The number of hydrogen-bond acceptors (Lipinski definition) is 7. The quantitative estimate of drug-likeness (QED) is 0.621. The normalized spacial score (nSPS) is 26.7. The lowest BCUT2D eigenvalue weighted by Crippen LogP contribution is -2.51. The number of piperazine rings is 1. The average Bonchev–Trinajstić information content (AvgIpc) is 2.42. The van der Waals surface area contributed by atoms with Gasteiger partial charge in [0.2, 0.25) is 5.95 Å². The number of nitrogens with two attached hydrogens (primary N) is 2. The van der Waals surface area contributed by atoms with Crippen molar-refractivity contribution in [3.63, 3.8) is 0 Å². The van der Waals surface area contributed by atoms with E-state index in [4.69, 9.17) is 10.9 Å². The van der Waals surface area contributed by atoms with E-state index in [2.05, 4.69) is 9.97 Å². The third-order valence-electron chi connectivity index (χ3n) is 4.20. The van der Waals surface area contributed by atoms with E-state index in [1.165, 1.54) is 4.31 Å². The van der Waals surface area contributed by atoms with Crippen molar-refractivity contribution < 1.29 is 13.5 Å². The van der Waals surface area contributed by atoms with Crippen LogP contribution in [-0.2, 0) is 10.2 Å². The van der Waals surface area contributed by atoms with Crippen LogP contribution in [0.4, 0.5) is 11.8 Å². The van der Waals surface area contributed by atoms with E-state index in [0.29, 0.717) is 44.8 Å². The second kappa shape index (κ2) is 5.61. The van der Waals surface area contributed by atoms with Gasteiger partial charge in [-0.2, -0.15) is 17.7 Å². The summed E-state index contributed by atoms with van der Waals surface area (Å²) in [4.78, 5) is 10.4. The lowest BCUT2D eigenvalue weighted by Gasteiger charge is -2.35. The van der Waals surface area contributed by atoms with Gasteiger partial charge >= 0.3 is 0 Å². The number of aliphatic hydroxyl groups is 1. The van der Waals surface area contributed by atoms with E-state index in [-0.39, 0.29) is 18.0 Å².